The number of aryl methyl sites for hydroxylation is 1. The number of fused-ring (bicyclic) bond motifs is 1. The molecule has 4 saturated carbocycles. The zero-order chi connectivity index (χ0) is 17.0. The van der Waals surface area contributed by atoms with Crippen molar-refractivity contribution in [3.8, 4) is 0 Å². The van der Waals surface area contributed by atoms with Crippen LogP contribution in [0.3, 0.4) is 0 Å². The number of hydrogen-bond donors (Lipinski definition) is 1. The number of pyridine rings is 1. The Kier molecular flexibility index (Phi) is 3.53. The van der Waals surface area contributed by atoms with Gasteiger partial charge in [0.1, 0.15) is 17.9 Å². The second-order valence-corrected chi connectivity index (χ2v) is 9.13. The third-order valence-corrected chi connectivity index (χ3v) is 6.96. The van der Waals surface area contributed by atoms with Crippen molar-refractivity contribution >= 4 is 5.65 Å². The molecule has 4 aliphatic rings. The zero-order valence-corrected chi connectivity index (χ0v) is 15.1. The Labute approximate surface area is 148 Å². The SMILES string of the molecule is Cc1ccc2nc(C[NH2+]CC34CC5CC(CC(C5)C3)C4)cc(=O)n2c1. The van der Waals surface area contributed by atoms with E-state index in [-0.39, 0.29) is 5.56 Å². The van der Waals surface area contributed by atoms with E-state index in [2.05, 4.69) is 5.32 Å². The average molecular weight is 338 g/mol. The predicted molar refractivity (Wildman–Crippen MR) is 97.3 cm³/mol. The molecule has 0 amide bonds. The van der Waals surface area contributed by atoms with E-state index in [9.17, 15) is 4.79 Å². The lowest BCUT2D eigenvalue weighted by Crippen LogP contribution is -2.86. The molecule has 4 aliphatic carbocycles. The van der Waals surface area contributed by atoms with Crippen LogP contribution in [0.15, 0.2) is 29.2 Å². The van der Waals surface area contributed by atoms with Crippen molar-refractivity contribution in [2.24, 2.45) is 23.2 Å². The van der Waals surface area contributed by atoms with Crippen LogP contribution in [0.2, 0.25) is 0 Å². The Morgan fingerprint density at radius 3 is 2.52 bits per heavy atom. The molecule has 4 fully saturated rings. The highest BCUT2D eigenvalue weighted by Gasteiger charge is 2.51. The van der Waals surface area contributed by atoms with Gasteiger partial charge in [0.25, 0.3) is 5.56 Å². The predicted octanol–water partition coefficient (Wildman–Crippen LogP) is 2.28. The molecule has 25 heavy (non-hydrogen) atoms. The van der Waals surface area contributed by atoms with Gasteiger partial charge in [-0.1, -0.05) is 6.07 Å². The summed E-state index contributed by atoms with van der Waals surface area (Å²) >= 11 is 0. The second-order valence-electron chi connectivity index (χ2n) is 9.13. The molecule has 0 radical (unpaired) electrons. The summed E-state index contributed by atoms with van der Waals surface area (Å²) in [4.78, 5) is 17.0. The molecule has 0 spiro atoms. The highest BCUT2D eigenvalue weighted by molar-refractivity contribution is 5.39. The fourth-order valence-electron chi connectivity index (χ4n) is 6.43. The minimum Gasteiger partial charge on any atom is -0.341 e. The molecule has 2 aromatic heterocycles. The minimum absolute atomic E-state index is 0.0342. The smallest absolute Gasteiger partial charge is 0.258 e. The van der Waals surface area contributed by atoms with Gasteiger partial charge in [0.05, 0.1) is 6.54 Å². The number of quaternary nitrogens is 1. The van der Waals surface area contributed by atoms with Crippen LogP contribution in [-0.2, 0) is 6.54 Å². The maximum absolute atomic E-state index is 12.3. The summed E-state index contributed by atoms with van der Waals surface area (Å²) in [6, 6.07) is 5.67. The fraction of sp³-hybridized carbons (Fsp3) is 0.619. The number of hydrogen-bond acceptors (Lipinski definition) is 2. The fourth-order valence-corrected chi connectivity index (χ4v) is 6.43. The van der Waals surface area contributed by atoms with Gasteiger partial charge in [-0.2, -0.15) is 0 Å². The quantitative estimate of drug-likeness (QED) is 0.930. The lowest BCUT2D eigenvalue weighted by atomic mass is 9.49. The summed E-state index contributed by atoms with van der Waals surface area (Å²) in [6.07, 6.45) is 10.7. The normalized spacial score (nSPS) is 33.2. The van der Waals surface area contributed by atoms with Gasteiger partial charge in [-0.3, -0.25) is 9.20 Å². The first-order chi connectivity index (χ1) is 12.1. The van der Waals surface area contributed by atoms with Gasteiger partial charge in [0.15, 0.2) is 0 Å². The topological polar surface area (TPSA) is 51.0 Å². The van der Waals surface area contributed by atoms with Gasteiger partial charge in [0, 0.05) is 17.7 Å². The van der Waals surface area contributed by atoms with Gasteiger partial charge < -0.3 is 5.32 Å². The summed E-state index contributed by atoms with van der Waals surface area (Å²) in [5, 5.41) is 2.42. The molecule has 2 aromatic rings. The Bertz CT molecular complexity index is 834. The Hall–Kier alpha value is -1.68. The van der Waals surface area contributed by atoms with E-state index in [1.165, 1.54) is 45.1 Å². The van der Waals surface area contributed by atoms with Crippen LogP contribution in [0, 0.1) is 30.1 Å². The van der Waals surface area contributed by atoms with Crippen molar-refractivity contribution in [2.45, 2.75) is 52.0 Å². The van der Waals surface area contributed by atoms with E-state index in [1.54, 1.807) is 10.5 Å². The molecule has 0 atom stereocenters. The molecular formula is C21H28N3O+. The molecule has 0 saturated heterocycles. The van der Waals surface area contributed by atoms with E-state index < -0.39 is 0 Å². The highest BCUT2D eigenvalue weighted by Crippen LogP contribution is 2.59. The van der Waals surface area contributed by atoms with Gasteiger partial charge in [0.2, 0.25) is 0 Å². The number of rotatable bonds is 4. The number of nitrogens with two attached hydrogens (primary N) is 1. The van der Waals surface area contributed by atoms with Gasteiger partial charge in [-0.05, 0) is 74.8 Å². The first-order valence-electron chi connectivity index (χ1n) is 9.89. The largest absolute Gasteiger partial charge is 0.341 e. The van der Waals surface area contributed by atoms with E-state index in [4.69, 9.17) is 4.98 Å². The average Bonchev–Trinajstić information content (AvgIpc) is 2.54. The van der Waals surface area contributed by atoms with Crippen LogP contribution in [0.4, 0.5) is 0 Å². The van der Waals surface area contributed by atoms with E-state index >= 15 is 0 Å². The zero-order valence-electron chi connectivity index (χ0n) is 15.1. The lowest BCUT2D eigenvalue weighted by Gasteiger charge is -2.55. The maximum Gasteiger partial charge on any atom is 0.258 e. The maximum atomic E-state index is 12.3. The molecule has 0 aliphatic heterocycles. The molecule has 4 heteroatoms. The van der Waals surface area contributed by atoms with Crippen LogP contribution in [0.5, 0.6) is 0 Å². The van der Waals surface area contributed by atoms with E-state index in [0.29, 0.717) is 5.41 Å². The van der Waals surface area contributed by atoms with Crippen molar-refractivity contribution in [1.29, 1.82) is 0 Å². The van der Waals surface area contributed by atoms with Crippen molar-refractivity contribution in [3.05, 3.63) is 46.0 Å². The minimum atomic E-state index is 0.0342. The second kappa shape index (κ2) is 5.66. The molecule has 4 nitrogen and oxygen atoms in total. The Morgan fingerprint density at radius 1 is 1.16 bits per heavy atom. The van der Waals surface area contributed by atoms with Gasteiger partial charge in [-0.25, -0.2) is 4.98 Å². The standard InChI is InChI=1S/C21H27N3O/c1-14-2-3-19-23-18(7-20(25)24(19)12-14)11-22-13-21-8-15-4-16(9-21)6-17(5-15)10-21/h2-3,7,12,15-17,22H,4-6,8-11,13H2,1H3/p+1. The third kappa shape index (κ3) is 2.80. The third-order valence-electron chi connectivity index (χ3n) is 6.96. The molecule has 0 unspecified atom stereocenters. The molecule has 0 aromatic carbocycles. The van der Waals surface area contributed by atoms with E-state index in [0.717, 1.165) is 41.2 Å². The lowest BCUT2D eigenvalue weighted by molar-refractivity contribution is -0.684. The molecule has 2 heterocycles. The van der Waals surface area contributed by atoms with Crippen LogP contribution in [-0.4, -0.2) is 15.9 Å². The monoisotopic (exact) mass is 338 g/mol. The van der Waals surface area contributed by atoms with E-state index in [1.807, 2.05) is 25.3 Å². The highest BCUT2D eigenvalue weighted by atomic mass is 16.1. The van der Waals surface area contributed by atoms with Crippen LogP contribution in [0.25, 0.3) is 5.65 Å². The molecular weight excluding hydrogens is 310 g/mol. The van der Waals surface area contributed by atoms with Gasteiger partial charge in [-0.15, -0.1) is 0 Å². The molecule has 2 N–H and O–H groups in total. The van der Waals surface area contributed by atoms with Crippen molar-refractivity contribution in [2.75, 3.05) is 6.54 Å². The summed E-state index contributed by atoms with van der Waals surface area (Å²) in [5.41, 5.74) is 3.37. The Morgan fingerprint density at radius 2 is 1.84 bits per heavy atom. The molecule has 4 bridgehead atoms. The van der Waals surface area contributed by atoms with Crippen molar-refractivity contribution in [1.82, 2.24) is 9.38 Å². The van der Waals surface area contributed by atoms with Crippen molar-refractivity contribution in [3.63, 3.8) is 0 Å². The van der Waals surface area contributed by atoms with Crippen LogP contribution < -0.4 is 10.9 Å². The summed E-state index contributed by atoms with van der Waals surface area (Å²) < 4.78 is 1.65. The number of nitrogens with zero attached hydrogens (tertiary/aromatic N) is 2. The summed E-state index contributed by atoms with van der Waals surface area (Å²) in [7, 11) is 0. The molecule has 132 valence electrons. The first-order valence-corrected chi connectivity index (χ1v) is 9.89. The molecule has 6 rings (SSSR count). The van der Waals surface area contributed by atoms with Crippen LogP contribution in [0.1, 0.15) is 49.8 Å². The van der Waals surface area contributed by atoms with Gasteiger partial charge >= 0.3 is 0 Å². The number of aromatic nitrogens is 2. The first kappa shape index (κ1) is 15.6. The Balaban J connectivity index is 1.30. The van der Waals surface area contributed by atoms with Crippen molar-refractivity contribution < 1.29 is 5.32 Å². The summed E-state index contributed by atoms with van der Waals surface area (Å²) in [5.74, 6) is 3.02. The summed E-state index contributed by atoms with van der Waals surface area (Å²) in [6.45, 7) is 4.03. The van der Waals surface area contributed by atoms with Crippen LogP contribution >= 0.6 is 0 Å².